The SMILES string of the molecule is Cc1ccc(S(=O)(=O)CCSc2ccc(Cl)cc2)cc1. The largest absolute Gasteiger partial charge is 0.224 e. The molecule has 2 nitrogen and oxygen atoms in total. The van der Waals surface area contributed by atoms with Gasteiger partial charge in [0.2, 0.25) is 0 Å². The van der Waals surface area contributed by atoms with Gasteiger partial charge in [0.15, 0.2) is 9.84 Å². The summed E-state index contributed by atoms with van der Waals surface area (Å²) in [5.74, 6) is 0.654. The molecule has 0 amide bonds. The van der Waals surface area contributed by atoms with Gasteiger partial charge < -0.3 is 0 Å². The Morgan fingerprint density at radius 1 is 1.00 bits per heavy atom. The molecule has 106 valence electrons. The summed E-state index contributed by atoms with van der Waals surface area (Å²) in [6.45, 7) is 1.94. The Morgan fingerprint density at radius 3 is 2.20 bits per heavy atom. The van der Waals surface area contributed by atoms with Crippen LogP contribution in [0.25, 0.3) is 0 Å². The average Bonchev–Trinajstić information content (AvgIpc) is 2.41. The van der Waals surface area contributed by atoms with E-state index in [0.29, 0.717) is 15.7 Å². The minimum Gasteiger partial charge on any atom is -0.224 e. The lowest BCUT2D eigenvalue weighted by Crippen LogP contribution is -2.08. The first kappa shape index (κ1) is 15.4. The standard InChI is InChI=1S/C15H15ClO2S2/c1-12-2-8-15(9-3-12)20(17,18)11-10-19-14-6-4-13(16)5-7-14/h2-9H,10-11H2,1H3. The lowest BCUT2D eigenvalue weighted by Gasteiger charge is -2.05. The van der Waals surface area contributed by atoms with Crippen molar-refractivity contribution in [2.75, 3.05) is 11.5 Å². The van der Waals surface area contributed by atoms with Crippen molar-refractivity contribution < 1.29 is 8.42 Å². The lowest BCUT2D eigenvalue weighted by molar-refractivity contribution is 0.597. The molecule has 0 saturated carbocycles. The third kappa shape index (κ3) is 4.27. The zero-order chi connectivity index (χ0) is 14.6. The molecule has 2 aromatic rings. The van der Waals surface area contributed by atoms with Crippen LogP contribution in [0.2, 0.25) is 5.02 Å². The Balaban J connectivity index is 1.96. The third-order valence-electron chi connectivity index (χ3n) is 2.81. The van der Waals surface area contributed by atoms with Crippen molar-refractivity contribution >= 4 is 33.2 Å². The van der Waals surface area contributed by atoms with Crippen LogP contribution in [0.5, 0.6) is 0 Å². The van der Waals surface area contributed by atoms with Gasteiger partial charge in [-0.05, 0) is 43.3 Å². The summed E-state index contributed by atoms with van der Waals surface area (Å²) in [4.78, 5) is 1.41. The smallest absolute Gasteiger partial charge is 0.179 e. The molecule has 2 aromatic carbocycles. The summed E-state index contributed by atoms with van der Waals surface area (Å²) in [6, 6.07) is 14.4. The molecule has 0 bridgehead atoms. The van der Waals surface area contributed by atoms with Crippen LogP contribution in [0.1, 0.15) is 5.56 Å². The number of rotatable bonds is 5. The topological polar surface area (TPSA) is 34.1 Å². The number of hydrogen-bond donors (Lipinski definition) is 0. The number of aryl methyl sites for hydroxylation is 1. The van der Waals surface area contributed by atoms with Gasteiger partial charge in [-0.15, -0.1) is 11.8 Å². The maximum absolute atomic E-state index is 12.2. The molecule has 0 aliphatic rings. The number of sulfone groups is 1. The highest BCUT2D eigenvalue weighted by atomic mass is 35.5. The fourth-order valence-corrected chi connectivity index (χ4v) is 4.35. The minimum atomic E-state index is -3.20. The van der Waals surface area contributed by atoms with Gasteiger partial charge in [0.25, 0.3) is 0 Å². The highest BCUT2D eigenvalue weighted by Crippen LogP contribution is 2.21. The first-order chi connectivity index (χ1) is 9.47. The van der Waals surface area contributed by atoms with Gasteiger partial charge in [0.1, 0.15) is 0 Å². The zero-order valence-electron chi connectivity index (χ0n) is 11.0. The first-order valence-electron chi connectivity index (χ1n) is 6.15. The highest BCUT2D eigenvalue weighted by Gasteiger charge is 2.13. The summed E-state index contributed by atoms with van der Waals surface area (Å²) < 4.78 is 24.3. The van der Waals surface area contributed by atoms with Crippen LogP contribution in [-0.4, -0.2) is 19.9 Å². The van der Waals surface area contributed by atoms with E-state index in [1.165, 1.54) is 11.8 Å². The zero-order valence-corrected chi connectivity index (χ0v) is 13.4. The first-order valence-corrected chi connectivity index (χ1v) is 9.17. The van der Waals surface area contributed by atoms with Gasteiger partial charge in [-0.2, -0.15) is 0 Å². The van der Waals surface area contributed by atoms with Crippen molar-refractivity contribution in [3.05, 3.63) is 59.1 Å². The molecule has 0 radical (unpaired) electrons. The summed E-state index contributed by atoms with van der Waals surface area (Å²) >= 11 is 7.32. The van der Waals surface area contributed by atoms with Crippen LogP contribution in [-0.2, 0) is 9.84 Å². The second-order valence-corrected chi connectivity index (χ2v) is 8.15. The second kappa shape index (κ2) is 6.66. The van der Waals surface area contributed by atoms with Crippen LogP contribution >= 0.6 is 23.4 Å². The average molecular weight is 327 g/mol. The van der Waals surface area contributed by atoms with E-state index in [4.69, 9.17) is 11.6 Å². The lowest BCUT2D eigenvalue weighted by atomic mass is 10.2. The van der Waals surface area contributed by atoms with Crippen LogP contribution < -0.4 is 0 Å². The molecular formula is C15H15ClO2S2. The van der Waals surface area contributed by atoms with Crippen LogP contribution in [0.3, 0.4) is 0 Å². The van der Waals surface area contributed by atoms with Crippen molar-refractivity contribution in [3.8, 4) is 0 Å². The molecule has 0 atom stereocenters. The maximum atomic E-state index is 12.2. The molecule has 0 saturated heterocycles. The predicted octanol–water partition coefficient (Wildman–Crippen LogP) is 4.21. The summed E-state index contributed by atoms with van der Waals surface area (Å²) in [5, 5.41) is 0.682. The van der Waals surface area contributed by atoms with E-state index in [2.05, 4.69) is 0 Å². The van der Waals surface area contributed by atoms with Gasteiger partial charge in [0.05, 0.1) is 10.6 Å². The van der Waals surface area contributed by atoms with Gasteiger partial charge in [-0.1, -0.05) is 29.3 Å². The highest BCUT2D eigenvalue weighted by molar-refractivity contribution is 8.00. The molecule has 0 unspecified atom stereocenters. The predicted molar refractivity (Wildman–Crippen MR) is 85.4 cm³/mol. The Labute approximate surface area is 129 Å². The van der Waals surface area contributed by atoms with Crippen molar-refractivity contribution in [2.24, 2.45) is 0 Å². The van der Waals surface area contributed by atoms with E-state index in [1.54, 1.807) is 24.3 Å². The Hall–Kier alpha value is -0.970. The fraction of sp³-hybridized carbons (Fsp3) is 0.200. The quantitative estimate of drug-likeness (QED) is 0.772. The number of hydrogen-bond acceptors (Lipinski definition) is 3. The molecule has 0 spiro atoms. The maximum Gasteiger partial charge on any atom is 0.179 e. The number of benzene rings is 2. The second-order valence-electron chi connectivity index (χ2n) is 4.43. The molecule has 0 aliphatic carbocycles. The van der Waals surface area contributed by atoms with Crippen LogP contribution in [0, 0.1) is 6.92 Å². The van der Waals surface area contributed by atoms with E-state index >= 15 is 0 Å². The molecule has 5 heteroatoms. The van der Waals surface area contributed by atoms with Crippen molar-refractivity contribution in [1.29, 1.82) is 0 Å². The summed E-state index contributed by atoms with van der Waals surface area (Å²) in [5.41, 5.74) is 1.06. The molecule has 0 heterocycles. The fourth-order valence-electron chi connectivity index (χ4n) is 1.66. The molecule has 0 aromatic heterocycles. The van der Waals surface area contributed by atoms with E-state index in [1.807, 2.05) is 31.2 Å². The summed E-state index contributed by atoms with van der Waals surface area (Å²) in [7, 11) is -3.20. The molecular weight excluding hydrogens is 312 g/mol. The third-order valence-corrected chi connectivity index (χ3v) is 6.07. The van der Waals surface area contributed by atoms with Crippen LogP contribution in [0.15, 0.2) is 58.3 Å². The van der Waals surface area contributed by atoms with Gasteiger partial charge in [-0.3, -0.25) is 0 Å². The van der Waals surface area contributed by atoms with Crippen molar-refractivity contribution in [2.45, 2.75) is 16.7 Å². The van der Waals surface area contributed by atoms with Gasteiger partial charge in [-0.25, -0.2) is 8.42 Å². The normalized spacial score (nSPS) is 11.5. The van der Waals surface area contributed by atoms with E-state index in [-0.39, 0.29) is 5.75 Å². The summed E-state index contributed by atoms with van der Waals surface area (Å²) in [6.07, 6.45) is 0. The van der Waals surface area contributed by atoms with E-state index in [0.717, 1.165) is 10.5 Å². The Bertz CT molecular complexity index is 662. The van der Waals surface area contributed by atoms with Gasteiger partial charge >= 0.3 is 0 Å². The van der Waals surface area contributed by atoms with Gasteiger partial charge in [0, 0.05) is 15.7 Å². The molecule has 2 rings (SSSR count). The molecule has 20 heavy (non-hydrogen) atoms. The Morgan fingerprint density at radius 2 is 1.60 bits per heavy atom. The number of halogens is 1. The molecule has 0 fully saturated rings. The number of thioether (sulfide) groups is 1. The van der Waals surface area contributed by atoms with Crippen molar-refractivity contribution in [3.63, 3.8) is 0 Å². The van der Waals surface area contributed by atoms with E-state index in [9.17, 15) is 8.42 Å². The van der Waals surface area contributed by atoms with Crippen LogP contribution in [0.4, 0.5) is 0 Å². The monoisotopic (exact) mass is 326 g/mol. The van der Waals surface area contributed by atoms with Crippen molar-refractivity contribution in [1.82, 2.24) is 0 Å². The molecule has 0 aliphatic heterocycles. The Kier molecular flexibility index (Phi) is 5.13. The molecule has 0 N–H and O–H groups in total. The minimum absolute atomic E-state index is 0.128. The van der Waals surface area contributed by atoms with E-state index < -0.39 is 9.84 Å².